The van der Waals surface area contributed by atoms with Gasteiger partial charge in [0.05, 0.1) is 22.3 Å². The van der Waals surface area contributed by atoms with Gasteiger partial charge in [-0.2, -0.15) is 0 Å². The van der Waals surface area contributed by atoms with E-state index in [4.69, 9.17) is 28.9 Å². The topological polar surface area (TPSA) is 38.0 Å². The molecule has 0 fully saturated rings. The number of hydrogen-bond donors (Lipinski definition) is 2. The lowest BCUT2D eigenvalue weighted by Gasteiger charge is -2.01. The summed E-state index contributed by atoms with van der Waals surface area (Å²) in [6.45, 7) is 0.609. The van der Waals surface area contributed by atoms with Gasteiger partial charge >= 0.3 is 0 Å². The van der Waals surface area contributed by atoms with Crippen molar-refractivity contribution in [2.24, 2.45) is 0 Å². The molecule has 0 unspecified atom stereocenters. The molecule has 0 radical (unpaired) electrons. The number of halogens is 2. The lowest BCUT2D eigenvalue weighted by molar-refractivity contribution is 0.938. The quantitative estimate of drug-likeness (QED) is 0.572. The van der Waals surface area contributed by atoms with Crippen LogP contribution in [0, 0.1) is 11.8 Å². The predicted octanol–water partition coefficient (Wildman–Crippen LogP) is 2.15. The summed E-state index contributed by atoms with van der Waals surface area (Å²) < 4.78 is 0. The van der Waals surface area contributed by atoms with Gasteiger partial charge in [-0.1, -0.05) is 35.0 Å². The molecule has 0 amide bonds. The van der Waals surface area contributed by atoms with Crippen LogP contribution in [0.4, 0.5) is 5.69 Å². The van der Waals surface area contributed by atoms with E-state index in [2.05, 4.69) is 17.2 Å². The van der Waals surface area contributed by atoms with Gasteiger partial charge in [-0.05, 0) is 19.2 Å². The van der Waals surface area contributed by atoms with Crippen LogP contribution in [-0.2, 0) is 0 Å². The molecule has 1 rings (SSSR count). The maximum atomic E-state index is 5.94. The lowest BCUT2D eigenvalue weighted by Crippen LogP contribution is -2.04. The summed E-state index contributed by atoms with van der Waals surface area (Å²) in [7, 11) is 1.83. The van der Waals surface area contributed by atoms with Gasteiger partial charge in [-0.3, -0.25) is 0 Å². The Balaban J connectivity index is 3.02. The van der Waals surface area contributed by atoms with E-state index in [1.165, 1.54) is 0 Å². The van der Waals surface area contributed by atoms with Crippen LogP contribution < -0.4 is 11.1 Å². The SMILES string of the molecule is CNCC#Cc1ccc(N)c(Cl)c1Cl. The third-order valence-electron chi connectivity index (χ3n) is 1.60. The Morgan fingerprint density at radius 1 is 1.36 bits per heavy atom. The van der Waals surface area contributed by atoms with Crippen molar-refractivity contribution >= 4 is 28.9 Å². The van der Waals surface area contributed by atoms with E-state index in [1.54, 1.807) is 12.1 Å². The number of nitrogens with two attached hydrogens (primary N) is 1. The summed E-state index contributed by atoms with van der Waals surface area (Å²) in [6, 6.07) is 3.45. The van der Waals surface area contributed by atoms with Crippen LogP contribution in [0.25, 0.3) is 0 Å². The third kappa shape index (κ3) is 2.55. The maximum absolute atomic E-state index is 5.94. The largest absolute Gasteiger partial charge is 0.397 e. The number of rotatable bonds is 1. The molecular formula is C10H10Cl2N2. The Labute approximate surface area is 93.4 Å². The van der Waals surface area contributed by atoms with Crippen LogP contribution in [0.15, 0.2) is 12.1 Å². The Morgan fingerprint density at radius 2 is 2.07 bits per heavy atom. The van der Waals surface area contributed by atoms with Crippen LogP contribution in [0.2, 0.25) is 10.0 Å². The minimum atomic E-state index is 0.364. The first-order valence-corrected chi connectivity index (χ1v) is 4.79. The number of nitrogen functional groups attached to an aromatic ring is 1. The second-order valence-corrected chi connectivity index (χ2v) is 3.42. The van der Waals surface area contributed by atoms with Crippen LogP contribution in [0.1, 0.15) is 5.56 Å². The average Bonchev–Trinajstić information content (AvgIpc) is 2.18. The van der Waals surface area contributed by atoms with Gasteiger partial charge in [0.1, 0.15) is 0 Å². The standard InChI is InChI=1S/C10H10Cl2N2/c1-14-6-2-3-7-4-5-8(13)10(12)9(7)11/h4-5,14H,6,13H2,1H3. The van der Waals surface area contributed by atoms with E-state index in [0.717, 1.165) is 0 Å². The minimum absolute atomic E-state index is 0.364. The fourth-order valence-corrected chi connectivity index (χ4v) is 1.27. The van der Waals surface area contributed by atoms with E-state index < -0.39 is 0 Å². The average molecular weight is 229 g/mol. The zero-order chi connectivity index (χ0) is 10.6. The number of hydrogen-bond acceptors (Lipinski definition) is 2. The Hall–Kier alpha value is -0.880. The van der Waals surface area contributed by atoms with Gasteiger partial charge in [0, 0.05) is 5.56 Å². The van der Waals surface area contributed by atoms with E-state index in [-0.39, 0.29) is 0 Å². The number of anilines is 1. The molecule has 14 heavy (non-hydrogen) atoms. The molecule has 1 aromatic carbocycles. The van der Waals surface area contributed by atoms with Crippen molar-refractivity contribution in [3.8, 4) is 11.8 Å². The molecule has 1 aromatic rings. The third-order valence-corrected chi connectivity index (χ3v) is 2.50. The molecule has 0 heterocycles. The molecule has 4 heteroatoms. The van der Waals surface area contributed by atoms with Crippen molar-refractivity contribution in [3.63, 3.8) is 0 Å². The van der Waals surface area contributed by atoms with E-state index in [0.29, 0.717) is 27.8 Å². The van der Waals surface area contributed by atoms with Gasteiger partial charge in [0.2, 0.25) is 0 Å². The number of benzene rings is 1. The van der Waals surface area contributed by atoms with Gasteiger partial charge < -0.3 is 11.1 Å². The molecule has 74 valence electrons. The summed E-state index contributed by atoms with van der Waals surface area (Å²) in [6.07, 6.45) is 0. The molecule has 0 aliphatic carbocycles. The highest BCUT2D eigenvalue weighted by Crippen LogP contribution is 2.30. The molecule has 0 atom stereocenters. The predicted molar refractivity (Wildman–Crippen MR) is 61.7 cm³/mol. The van der Waals surface area contributed by atoms with Crippen molar-refractivity contribution in [2.75, 3.05) is 19.3 Å². The summed E-state index contributed by atoms with van der Waals surface area (Å²) >= 11 is 11.8. The molecule has 0 spiro atoms. The summed E-state index contributed by atoms with van der Waals surface area (Å²) in [5.41, 5.74) is 6.73. The van der Waals surface area contributed by atoms with Gasteiger partial charge in [0.25, 0.3) is 0 Å². The van der Waals surface area contributed by atoms with Crippen LogP contribution in [-0.4, -0.2) is 13.6 Å². The first-order valence-electron chi connectivity index (χ1n) is 4.03. The van der Waals surface area contributed by atoms with E-state index in [1.807, 2.05) is 7.05 Å². The Morgan fingerprint density at radius 3 is 2.71 bits per heavy atom. The monoisotopic (exact) mass is 228 g/mol. The van der Waals surface area contributed by atoms with Gasteiger partial charge in [-0.15, -0.1) is 0 Å². The first kappa shape index (κ1) is 11.2. The highest BCUT2D eigenvalue weighted by Gasteiger charge is 2.05. The fourth-order valence-electron chi connectivity index (χ4n) is 0.889. The summed E-state index contributed by atoms with van der Waals surface area (Å²) in [5.74, 6) is 5.79. The Kier molecular flexibility index (Phi) is 4.09. The molecule has 0 aromatic heterocycles. The number of nitrogens with one attached hydrogen (secondary N) is 1. The van der Waals surface area contributed by atoms with Crippen LogP contribution >= 0.6 is 23.2 Å². The molecule has 0 bridgehead atoms. The molecule has 0 aliphatic rings. The van der Waals surface area contributed by atoms with Crippen LogP contribution in [0.3, 0.4) is 0 Å². The van der Waals surface area contributed by atoms with Crippen molar-refractivity contribution < 1.29 is 0 Å². The van der Waals surface area contributed by atoms with Crippen LogP contribution in [0.5, 0.6) is 0 Å². The van der Waals surface area contributed by atoms with E-state index >= 15 is 0 Å². The normalized spacial score (nSPS) is 9.36. The van der Waals surface area contributed by atoms with Crippen molar-refractivity contribution in [2.45, 2.75) is 0 Å². The van der Waals surface area contributed by atoms with Crippen molar-refractivity contribution in [3.05, 3.63) is 27.7 Å². The molecule has 3 N–H and O–H groups in total. The second kappa shape index (κ2) is 5.11. The lowest BCUT2D eigenvalue weighted by atomic mass is 10.2. The summed E-state index contributed by atoms with van der Waals surface area (Å²) in [4.78, 5) is 0. The second-order valence-electron chi connectivity index (χ2n) is 2.66. The first-order chi connectivity index (χ1) is 6.66. The highest BCUT2D eigenvalue weighted by atomic mass is 35.5. The maximum Gasteiger partial charge on any atom is 0.0834 e. The van der Waals surface area contributed by atoms with Gasteiger partial charge in [-0.25, -0.2) is 0 Å². The minimum Gasteiger partial charge on any atom is -0.397 e. The Bertz CT molecular complexity index is 391. The van der Waals surface area contributed by atoms with Gasteiger partial charge in [0.15, 0.2) is 0 Å². The zero-order valence-corrected chi connectivity index (χ0v) is 9.21. The van der Waals surface area contributed by atoms with E-state index in [9.17, 15) is 0 Å². The highest BCUT2D eigenvalue weighted by molar-refractivity contribution is 6.44. The molecular weight excluding hydrogens is 219 g/mol. The van der Waals surface area contributed by atoms with Crippen molar-refractivity contribution in [1.29, 1.82) is 0 Å². The zero-order valence-electron chi connectivity index (χ0n) is 7.70. The molecule has 2 nitrogen and oxygen atoms in total. The smallest absolute Gasteiger partial charge is 0.0834 e. The molecule has 0 aliphatic heterocycles. The fraction of sp³-hybridized carbons (Fsp3) is 0.200. The molecule has 0 saturated carbocycles. The van der Waals surface area contributed by atoms with Crippen molar-refractivity contribution in [1.82, 2.24) is 5.32 Å². The summed E-state index contributed by atoms with van der Waals surface area (Å²) in [5, 5.41) is 3.69. The molecule has 0 saturated heterocycles.